The number of aromatic nitrogens is 1. The summed E-state index contributed by atoms with van der Waals surface area (Å²) >= 11 is 0. The van der Waals surface area contributed by atoms with E-state index in [9.17, 15) is 14.9 Å². The minimum absolute atomic E-state index is 0.139. The molecular weight excluding hydrogens is 202 g/mol. The van der Waals surface area contributed by atoms with Gasteiger partial charge in [0.05, 0.1) is 17.2 Å². The highest BCUT2D eigenvalue weighted by Crippen LogP contribution is 2.16. The molecule has 1 aromatic heterocycles. The van der Waals surface area contributed by atoms with Crippen LogP contribution in [0.4, 0.5) is 5.69 Å². The van der Waals surface area contributed by atoms with Gasteiger partial charge in [0.1, 0.15) is 5.69 Å². The topological polar surface area (TPSA) is 99.5 Å². The maximum absolute atomic E-state index is 11.6. The van der Waals surface area contributed by atoms with Gasteiger partial charge in [-0.3, -0.25) is 14.9 Å². The summed E-state index contributed by atoms with van der Waals surface area (Å²) in [6.45, 7) is 0.567. The normalized spacial score (nSPS) is 16.2. The Kier molecular flexibility index (Phi) is 2.16. The number of aromatic amines is 1. The molecule has 0 radical (unpaired) electrons. The maximum atomic E-state index is 11.6. The Balaban J connectivity index is 2.09. The molecule has 7 nitrogen and oxygen atoms in total. The van der Waals surface area contributed by atoms with E-state index < -0.39 is 11.0 Å². The number of hydrogen-bond donors (Lipinski definition) is 2. The average Bonchev–Trinajstić information content (AvgIpc) is 2.60. The summed E-state index contributed by atoms with van der Waals surface area (Å²) < 4.78 is 0. The standard InChI is InChI=1S/C8H9N3O4/c12-6-3-10(4-6)8(13)7-1-5(2-9-7)11(14)15/h1-2,6,9,12H,3-4H2. The summed E-state index contributed by atoms with van der Waals surface area (Å²) in [5.74, 6) is -0.326. The number of amides is 1. The summed E-state index contributed by atoms with van der Waals surface area (Å²) in [6.07, 6.45) is 0.697. The van der Waals surface area contributed by atoms with Crippen LogP contribution in [-0.4, -0.2) is 45.0 Å². The second-order valence-electron chi connectivity index (χ2n) is 3.39. The number of carbonyl (C=O) groups excluding carboxylic acids is 1. The van der Waals surface area contributed by atoms with E-state index in [-0.39, 0.29) is 30.4 Å². The Morgan fingerprint density at radius 3 is 2.80 bits per heavy atom. The van der Waals surface area contributed by atoms with E-state index in [2.05, 4.69) is 4.98 Å². The Hall–Kier alpha value is -1.89. The third kappa shape index (κ3) is 1.68. The molecule has 1 amide bonds. The van der Waals surface area contributed by atoms with Crippen molar-refractivity contribution in [3.05, 3.63) is 28.1 Å². The first-order valence-electron chi connectivity index (χ1n) is 4.38. The molecule has 0 aliphatic carbocycles. The van der Waals surface area contributed by atoms with E-state index >= 15 is 0 Å². The molecule has 1 saturated heterocycles. The van der Waals surface area contributed by atoms with E-state index in [0.29, 0.717) is 0 Å². The van der Waals surface area contributed by atoms with Crippen LogP contribution in [0.5, 0.6) is 0 Å². The van der Waals surface area contributed by atoms with Gasteiger partial charge in [-0.05, 0) is 0 Å². The lowest BCUT2D eigenvalue weighted by molar-refractivity contribution is -0.384. The number of hydrogen-bond acceptors (Lipinski definition) is 4. The lowest BCUT2D eigenvalue weighted by Gasteiger charge is -2.35. The van der Waals surface area contributed by atoms with Gasteiger partial charge < -0.3 is 15.0 Å². The molecule has 2 rings (SSSR count). The molecule has 80 valence electrons. The molecule has 2 heterocycles. The molecular formula is C8H9N3O4. The van der Waals surface area contributed by atoms with Gasteiger partial charge in [0.15, 0.2) is 0 Å². The van der Waals surface area contributed by atoms with Crippen molar-refractivity contribution in [2.75, 3.05) is 13.1 Å². The van der Waals surface area contributed by atoms with Crippen molar-refractivity contribution in [3.8, 4) is 0 Å². The Morgan fingerprint density at radius 2 is 2.33 bits per heavy atom. The molecule has 2 N–H and O–H groups in total. The fourth-order valence-electron chi connectivity index (χ4n) is 1.40. The molecule has 0 unspecified atom stereocenters. The van der Waals surface area contributed by atoms with Gasteiger partial charge in [-0.25, -0.2) is 0 Å². The minimum Gasteiger partial charge on any atom is -0.389 e. The first-order valence-corrected chi connectivity index (χ1v) is 4.38. The van der Waals surface area contributed by atoms with Crippen LogP contribution in [0.15, 0.2) is 12.3 Å². The average molecular weight is 211 g/mol. The lowest BCUT2D eigenvalue weighted by atomic mass is 10.1. The van der Waals surface area contributed by atoms with Gasteiger partial charge in [-0.2, -0.15) is 0 Å². The zero-order valence-electron chi connectivity index (χ0n) is 7.71. The summed E-state index contributed by atoms with van der Waals surface area (Å²) in [5, 5.41) is 19.4. The number of carbonyl (C=O) groups is 1. The number of likely N-dealkylation sites (tertiary alicyclic amines) is 1. The quantitative estimate of drug-likeness (QED) is 0.520. The predicted octanol–water partition coefficient (Wildman–Crippen LogP) is -0.260. The van der Waals surface area contributed by atoms with Crippen LogP contribution in [0, 0.1) is 10.1 Å². The second kappa shape index (κ2) is 3.35. The van der Waals surface area contributed by atoms with E-state index in [0.717, 1.165) is 0 Å². The van der Waals surface area contributed by atoms with Crippen LogP contribution in [0.3, 0.4) is 0 Å². The number of β-amino-alcohol motifs (C(OH)–C–C–N with tert-alkyl or cyclic N) is 1. The summed E-state index contributed by atoms with van der Waals surface area (Å²) in [5.41, 5.74) is 0.0352. The Bertz CT molecular complexity index is 408. The maximum Gasteiger partial charge on any atom is 0.287 e. The van der Waals surface area contributed by atoms with Gasteiger partial charge >= 0.3 is 0 Å². The van der Waals surface area contributed by atoms with Crippen LogP contribution in [0.1, 0.15) is 10.5 Å². The number of aliphatic hydroxyl groups excluding tert-OH is 1. The summed E-state index contributed by atoms with van der Waals surface area (Å²) in [4.78, 5) is 25.3. The lowest BCUT2D eigenvalue weighted by Crippen LogP contribution is -2.53. The van der Waals surface area contributed by atoms with E-state index in [1.165, 1.54) is 17.2 Å². The number of aliphatic hydroxyl groups is 1. The van der Waals surface area contributed by atoms with Crippen molar-refractivity contribution in [1.29, 1.82) is 0 Å². The minimum atomic E-state index is -0.571. The highest BCUT2D eigenvalue weighted by atomic mass is 16.6. The molecule has 0 atom stereocenters. The molecule has 0 spiro atoms. The first-order chi connectivity index (χ1) is 7.08. The molecule has 1 aromatic rings. The van der Waals surface area contributed by atoms with E-state index in [1.807, 2.05) is 0 Å². The zero-order valence-corrected chi connectivity index (χ0v) is 7.71. The fourth-order valence-corrected chi connectivity index (χ4v) is 1.40. The SMILES string of the molecule is O=C(c1cc([N+](=O)[O-])c[nH]1)N1CC(O)C1. The van der Waals surface area contributed by atoms with E-state index in [4.69, 9.17) is 5.11 Å². The molecule has 1 aliphatic heterocycles. The number of nitrogens with one attached hydrogen (secondary N) is 1. The van der Waals surface area contributed by atoms with Crippen molar-refractivity contribution in [3.63, 3.8) is 0 Å². The summed E-state index contributed by atoms with van der Waals surface area (Å²) in [6, 6.07) is 1.19. The largest absolute Gasteiger partial charge is 0.389 e. The Morgan fingerprint density at radius 1 is 1.67 bits per heavy atom. The number of H-pyrrole nitrogens is 1. The number of rotatable bonds is 2. The van der Waals surface area contributed by atoms with Gasteiger partial charge in [0.2, 0.25) is 0 Å². The summed E-state index contributed by atoms with van der Waals surface area (Å²) in [7, 11) is 0. The van der Waals surface area contributed by atoms with Gasteiger partial charge in [0.25, 0.3) is 11.6 Å². The fraction of sp³-hybridized carbons (Fsp3) is 0.375. The van der Waals surface area contributed by atoms with Gasteiger partial charge in [0, 0.05) is 19.2 Å². The van der Waals surface area contributed by atoms with Crippen molar-refractivity contribution in [1.82, 2.24) is 9.88 Å². The first kappa shape index (κ1) is 9.66. The van der Waals surface area contributed by atoms with E-state index in [1.54, 1.807) is 0 Å². The third-order valence-electron chi connectivity index (χ3n) is 2.26. The third-order valence-corrected chi connectivity index (χ3v) is 2.26. The van der Waals surface area contributed by atoms with Crippen molar-refractivity contribution in [2.45, 2.75) is 6.10 Å². The number of nitrogens with zero attached hydrogens (tertiary/aromatic N) is 2. The van der Waals surface area contributed by atoms with Crippen LogP contribution in [0.25, 0.3) is 0 Å². The smallest absolute Gasteiger partial charge is 0.287 e. The van der Waals surface area contributed by atoms with Crippen LogP contribution in [0.2, 0.25) is 0 Å². The van der Waals surface area contributed by atoms with Gasteiger partial charge in [-0.1, -0.05) is 0 Å². The second-order valence-corrected chi connectivity index (χ2v) is 3.39. The van der Waals surface area contributed by atoms with Crippen molar-refractivity contribution < 1.29 is 14.8 Å². The monoisotopic (exact) mass is 211 g/mol. The molecule has 0 bridgehead atoms. The molecule has 7 heteroatoms. The molecule has 15 heavy (non-hydrogen) atoms. The molecule has 0 aromatic carbocycles. The van der Waals surface area contributed by atoms with Crippen molar-refractivity contribution in [2.24, 2.45) is 0 Å². The van der Waals surface area contributed by atoms with Crippen LogP contribution < -0.4 is 0 Å². The Labute approximate surface area is 84.5 Å². The van der Waals surface area contributed by atoms with Gasteiger partial charge in [-0.15, -0.1) is 0 Å². The molecule has 0 saturated carbocycles. The van der Waals surface area contributed by atoms with Crippen molar-refractivity contribution >= 4 is 11.6 Å². The van der Waals surface area contributed by atoms with Crippen LogP contribution >= 0.6 is 0 Å². The number of nitro groups is 1. The highest BCUT2D eigenvalue weighted by molar-refractivity contribution is 5.93. The zero-order chi connectivity index (χ0) is 11.0. The highest BCUT2D eigenvalue weighted by Gasteiger charge is 2.30. The molecule has 1 aliphatic rings. The van der Waals surface area contributed by atoms with Crippen LogP contribution in [-0.2, 0) is 0 Å². The predicted molar refractivity (Wildman–Crippen MR) is 49.4 cm³/mol. The molecule has 1 fully saturated rings.